The highest BCUT2D eigenvalue weighted by Gasteiger charge is 2.29. The van der Waals surface area contributed by atoms with Crippen LogP contribution in [0.3, 0.4) is 0 Å². The smallest absolute Gasteiger partial charge is 0.243 e. The van der Waals surface area contributed by atoms with Crippen molar-refractivity contribution in [3.05, 3.63) is 54.1 Å². The van der Waals surface area contributed by atoms with Crippen LogP contribution in [0.2, 0.25) is 0 Å². The van der Waals surface area contributed by atoms with E-state index >= 15 is 0 Å². The second kappa shape index (κ2) is 7.49. The lowest BCUT2D eigenvalue weighted by molar-refractivity contribution is 0.185. The monoisotopic (exact) mass is 364 g/mol. The number of halogens is 1. The number of nitrogens with zero attached hydrogens (tertiary/aromatic N) is 2. The molecule has 1 aliphatic rings. The molecule has 1 aromatic heterocycles. The minimum atomic E-state index is -3.64. The van der Waals surface area contributed by atoms with Crippen molar-refractivity contribution < 1.29 is 17.5 Å². The number of aryl methyl sites for hydroxylation is 1. The van der Waals surface area contributed by atoms with E-state index < -0.39 is 15.8 Å². The molecule has 0 radical (unpaired) electrons. The number of benzene rings is 1. The highest BCUT2D eigenvalue weighted by atomic mass is 32.2. The average Bonchev–Trinajstić information content (AvgIpc) is 2.60. The van der Waals surface area contributed by atoms with Crippen LogP contribution in [0.5, 0.6) is 5.75 Å². The van der Waals surface area contributed by atoms with E-state index in [2.05, 4.69) is 4.98 Å². The fourth-order valence-corrected chi connectivity index (χ4v) is 4.42. The Morgan fingerprint density at radius 3 is 2.68 bits per heavy atom. The quantitative estimate of drug-likeness (QED) is 0.818. The van der Waals surface area contributed by atoms with Gasteiger partial charge in [-0.15, -0.1) is 0 Å². The van der Waals surface area contributed by atoms with E-state index in [1.165, 1.54) is 22.5 Å². The number of aromatic nitrogens is 1. The lowest BCUT2D eigenvalue weighted by Gasteiger charge is -2.31. The highest BCUT2D eigenvalue weighted by molar-refractivity contribution is 7.89. The molecule has 0 amide bonds. The molecule has 134 valence electrons. The number of rotatable bonds is 5. The molecule has 7 heteroatoms. The summed E-state index contributed by atoms with van der Waals surface area (Å²) in [5.41, 5.74) is 0.897. The SMILES string of the molecule is Cc1cc(OCC2CCN(S(=O)(=O)c3cccc(F)c3)CC2)ccn1. The number of piperidine rings is 1. The van der Waals surface area contributed by atoms with Gasteiger partial charge in [0.05, 0.1) is 11.5 Å². The van der Waals surface area contributed by atoms with Crippen molar-refractivity contribution in [3.8, 4) is 5.75 Å². The van der Waals surface area contributed by atoms with Crippen molar-refractivity contribution in [2.45, 2.75) is 24.7 Å². The van der Waals surface area contributed by atoms with Gasteiger partial charge in [0.2, 0.25) is 10.0 Å². The molecule has 2 aromatic rings. The molecule has 5 nitrogen and oxygen atoms in total. The van der Waals surface area contributed by atoms with E-state index in [4.69, 9.17) is 4.74 Å². The van der Waals surface area contributed by atoms with Gasteiger partial charge in [-0.3, -0.25) is 4.98 Å². The van der Waals surface area contributed by atoms with Crippen LogP contribution in [0.25, 0.3) is 0 Å². The van der Waals surface area contributed by atoms with Crippen LogP contribution in [0.15, 0.2) is 47.5 Å². The predicted molar refractivity (Wildman–Crippen MR) is 92.4 cm³/mol. The second-order valence-electron chi connectivity index (χ2n) is 6.25. The molecule has 1 saturated heterocycles. The van der Waals surface area contributed by atoms with E-state index in [1.807, 2.05) is 19.1 Å². The van der Waals surface area contributed by atoms with E-state index in [-0.39, 0.29) is 4.90 Å². The molecule has 1 fully saturated rings. The van der Waals surface area contributed by atoms with Gasteiger partial charge in [-0.2, -0.15) is 4.31 Å². The Hall–Kier alpha value is -1.99. The van der Waals surface area contributed by atoms with Crippen LogP contribution >= 0.6 is 0 Å². The highest BCUT2D eigenvalue weighted by Crippen LogP contribution is 2.25. The summed E-state index contributed by atoms with van der Waals surface area (Å²) in [7, 11) is -3.64. The Kier molecular flexibility index (Phi) is 5.34. The van der Waals surface area contributed by atoms with E-state index in [1.54, 1.807) is 6.20 Å². The summed E-state index contributed by atoms with van der Waals surface area (Å²) in [5.74, 6) is 0.534. The largest absolute Gasteiger partial charge is 0.493 e. The second-order valence-corrected chi connectivity index (χ2v) is 8.19. The fourth-order valence-electron chi connectivity index (χ4n) is 2.92. The maximum absolute atomic E-state index is 13.3. The first kappa shape index (κ1) is 17.8. The van der Waals surface area contributed by atoms with E-state index in [0.29, 0.717) is 25.6 Å². The van der Waals surface area contributed by atoms with Gasteiger partial charge in [-0.1, -0.05) is 6.07 Å². The summed E-state index contributed by atoms with van der Waals surface area (Å²) < 4.78 is 45.7. The molecular formula is C18H21FN2O3S. The van der Waals surface area contributed by atoms with Crippen molar-refractivity contribution in [1.82, 2.24) is 9.29 Å². The number of sulfonamides is 1. The number of hydrogen-bond acceptors (Lipinski definition) is 4. The molecule has 0 saturated carbocycles. The first-order valence-electron chi connectivity index (χ1n) is 8.26. The number of ether oxygens (including phenoxy) is 1. The third kappa shape index (κ3) is 4.35. The van der Waals surface area contributed by atoms with Gasteiger partial charge >= 0.3 is 0 Å². The van der Waals surface area contributed by atoms with E-state index in [9.17, 15) is 12.8 Å². The normalized spacial score (nSPS) is 16.7. The zero-order valence-corrected chi connectivity index (χ0v) is 14.9. The van der Waals surface area contributed by atoms with Gasteiger partial charge in [0.1, 0.15) is 11.6 Å². The molecule has 0 unspecified atom stereocenters. The van der Waals surface area contributed by atoms with Crippen LogP contribution in [0.4, 0.5) is 4.39 Å². The van der Waals surface area contributed by atoms with Gasteiger partial charge in [-0.05, 0) is 49.9 Å². The summed E-state index contributed by atoms with van der Waals surface area (Å²) >= 11 is 0. The lowest BCUT2D eigenvalue weighted by Crippen LogP contribution is -2.39. The van der Waals surface area contributed by atoms with Crippen LogP contribution in [-0.2, 0) is 10.0 Å². The van der Waals surface area contributed by atoms with Crippen LogP contribution < -0.4 is 4.74 Å². The molecular weight excluding hydrogens is 343 g/mol. The molecule has 0 bridgehead atoms. The van der Waals surface area contributed by atoms with Crippen LogP contribution in [0.1, 0.15) is 18.5 Å². The molecule has 0 spiro atoms. The molecule has 0 N–H and O–H groups in total. The van der Waals surface area contributed by atoms with E-state index in [0.717, 1.165) is 30.4 Å². The summed E-state index contributed by atoms with van der Waals surface area (Å²) in [5, 5.41) is 0. The Morgan fingerprint density at radius 2 is 2.00 bits per heavy atom. The summed E-state index contributed by atoms with van der Waals surface area (Å²) in [6.45, 7) is 3.30. The molecule has 2 heterocycles. The minimum Gasteiger partial charge on any atom is -0.493 e. The Labute approximate surface area is 147 Å². The summed E-state index contributed by atoms with van der Waals surface area (Å²) in [6.07, 6.45) is 3.15. The summed E-state index contributed by atoms with van der Waals surface area (Å²) in [4.78, 5) is 4.14. The van der Waals surface area contributed by atoms with Crippen LogP contribution in [-0.4, -0.2) is 37.4 Å². The third-order valence-corrected chi connectivity index (χ3v) is 6.26. The van der Waals surface area contributed by atoms with Crippen molar-refractivity contribution >= 4 is 10.0 Å². The van der Waals surface area contributed by atoms with Gasteiger partial charge in [0.15, 0.2) is 0 Å². The maximum atomic E-state index is 13.3. The third-order valence-electron chi connectivity index (χ3n) is 4.36. The predicted octanol–water partition coefficient (Wildman–Crippen LogP) is 3.01. The number of hydrogen-bond donors (Lipinski definition) is 0. The fraction of sp³-hybridized carbons (Fsp3) is 0.389. The van der Waals surface area contributed by atoms with Crippen molar-refractivity contribution in [2.24, 2.45) is 5.92 Å². The lowest BCUT2D eigenvalue weighted by atomic mass is 9.99. The number of pyridine rings is 1. The maximum Gasteiger partial charge on any atom is 0.243 e. The average molecular weight is 364 g/mol. The van der Waals surface area contributed by atoms with Crippen molar-refractivity contribution in [3.63, 3.8) is 0 Å². The molecule has 3 rings (SSSR count). The molecule has 0 atom stereocenters. The van der Waals surface area contributed by atoms with Gasteiger partial charge in [0.25, 0.3) is 0 Å². The standard InChI is InChI=1S/C18H21FN2O3S/c1-14-11-17(5-8-20-14)24-13-15-6-9-21(10-7-15)25(22,23)18-4-2-3-16(19)12-18/h2-5,8,11-12,15H,6-7,9-10,13H2,1H3. The Morgan fingerprint density at radius 1 is 1.24 bits per heavy atom. The molecule has 1 aromatic carbocycles. The van der Waals surface area contributed by atoms with Gasteiger partial charge < -0.3 is 4.74 Å². The first-order valence-corrected chi connectivity index (χ1v) is 9.70. The van der Waals surface area contributed by atoms with Gasteiger partial charge in [0, 0.05) is 31.0 Å². The Bertz CT molecular complexity index is 834. The van der Waals surface area contributed by atoms with Crippen molar-refractivity contribution in [1.29, 1.82) is 0 Å². The zero-order chi connectivity index (χ0) is 17.9. The minimum absolute atomic E-state index is 0.00876. The summed E-state index contributed by atoms with van der Waals surface area (Å²) in [6, 6.07) is 8.85. The van der Waals surface area contributed by atoms with Gasteiger partial charge in [-0.25, -0.2) is 12.8 Å². The first-order chi connectivity index (χ1) is 11.9. The molecule has 1 aliphatic heterocycles. The van der Waals surface area contributed by atoms with Crippen LogP contribution in [0, 0.1) is 18.7 Å². The topological polar surface area (TPSA) is 59.5 Å². The zero-order valence-electron chi connectivity index (χ0n) is 14.1. The molecule has 25 heavy (non-hydrogen) atoms. The molecule has 0 aliphatic carbocycles. The van der Waals surface area contributed by atoms with Crippen molar-refractivity contribution in [2.75, 3.05) is 19.7 Å². The Balaban J connectivity index is 1.56.